The van der Waals surface area contributed by atoms with Crippen LogP contribution in [0.2, 0.25) is 0 Å². The first-order valence-corrected chi connectivity index (χ1v) is 12.9. The van der Waals surface area contributed by atoms with E-state index in [1.54, 1.807) is 0 Å². The van der Waals surface area contributed by atoms with Crippen LogP contribution in [0.4, 0.5) is 0 Å². The highest BCUT2D eigenvalue weighted by Gasteiger charge is 2.49. The average Bonchev–Trinajstić information content (AvgIpc) is 3.17. The lowest BCUT2D eigenvalue weighted by Gasteiger charge is -2.21. The fourth-order valence-corrected chi connectivity index (χ4v) is 5.52. The van der Waals surface area contributed by atoms with Crippen molar-refractivity contribution in [2.75, 3.05) is 13.2 Å². The summed E-state index contributed by atoms with van der Waals surface area (Å²) in [7, 11) is -10.9. The molecule has 2 aliphatic rings. The van der Waals surface area contributed by atoms with Gasteiger partial charge in [-0.2, -0.15) is 4.31 Å². The molecule has 10 atom stereocenters. The minimum absolute atomic E-state index is 0.155. The van der Waals surface area contributed by atoms with Crippen molar-refractivity contribution in [2.45, 2.75) is 55.6 Å². The summed E-state index contributed by atoms with van der Waals surface area (Å²) in [4.78, 5) is 44.5. The first-order chi connectivity index (χ1) is 16.2. The minimum Gasteiger partial charge on any atom is -0.396 e. The van der Waals surface area contributed by atoms with Gasteiger partial charge in [0.2, 0.25) is 0 Å². The minimum atomic E-state index is -5.46. The van der Waals surface area contributed by atoms with E-state index >= 15 is 0 Å². The Morgan fingerprint density at radius 1 is 0.971 bits per heavy atom. The van der Waals surface area contributed by atoms with E-state index in [0.29, 0.717) is 0 Å². The molecule has 20 heteroatoms. The fraction of sp³-hybridized carbons (Fsp3) is 0.733. The van der Waals surface area contributed by atoms with Gasteiger partial charge in [-0.05, 0) is 6.42 Å². The number of rotatable bonds is 10. The maximum Gasteiger partial charge on any atom is 0.483 e. The number of aromatic amines is 1. The van der Waals surface area contributed by atoms with Gasteiger partial charge >= 0.3 is 21.3 Å². The summed E-state index contributed by atoms with van der Waals surface area (Å²) in [5.41, 5.74) is -1.71. The molecule has 0 amide bonds. The summed E-state index contributed by atoms with van der Waals surface area (Å²) < 4.78 is 48.3. The zero-order valence-corrected chi connectivity index (χ0v) is 19.3. The molecule has 0 radical (unpaired) electrons. The Kier molecular flexibility index (Phi) is 8.84. The van der Waals surface area contributed by atoms with Crippen LogP contribution in [0, 0.1) is 0 Å². The molecule has 3 rings (SSSR count). The van der Waals surface area contributed by atoms with E-state index in [-0.39, 0.29) is 6.42 Å². The van der Waals surface area contributed by atoms with Crippen LogP contribution in [0.3, 0.4) is 0 Å². The molecule has 3 heterocycles. The number of ether oxygens (including phenoxy) is 2. The fourth-order valence-electron chi connectivity index (χ4n) is 3.36. The molecule has 1 aromatic rings. The molecule has 18 nitrogen and oxygen atoms in total. The molecular formula is C15H24N2O16P2. The highest BCUT2D eigenvalue weighted by atomic mass is 31.3. The van der Waals surface area contributed by atoms with E-state index in [4.69, 9.17) is 14.6 Å². The van der Waals surface area contributed by atoms with Crippen LogP contribution in [-0.2, 0) is 32.0 Å². The van der Waals surface area contributed by atoms with Crippen LogP contribution < -0.4 is 11.2 Å². The molecule has 0 saturated carbocycles. The highest BCUT2D eigenvalue weighted by molar-refractivity contribution is 7.61. The number of phosphoric acid groups is 2. The van der Waals surface area contributed by atoms with Crippen molar-refractivity contribution in [1.82, 2.24) is 9.55 Å². The van der Waals surface area contributed by atoms with Gasteiger partial charge in [0.1, 0.15) is 30.5 Å². The number of nitrogens with one attached hydrogen (secondary N) is 1. The van der Waals surface area contributed by atoms with Crippen molar-refractivity contribution in [3.05, 3.63) is 33.1 Å². The summed E-state index contributed by atoms with van der Waals surface area (Å²) in [6.45, 7) is -1.43. The van der Waals surface area contributed by atoms with Crippen LogP contribution in [-0.4, -0.2) is 101 Å². The molecule has 8 N–H and O–H groups in total. The topological polar surface area (TPSA) is 277 Å². The lowest BCUT2D eigenvalue weighted by atomic mass is 10.1. The van der Waals surface area contributed by atoms with Gasteiger partial charge < -0.3 is 44.8 Å². The predicted molar refractivity (Wildman–Crippen MR) is 107 cm³/mol. The Morgan fingerprint density at radius 2 is 1.63 bits per heavy atom. The van der Waals surface area contributed by atoms with Crippen LogP contribution in [0.25, 0.3) is 0 Å². The third kappa shape index (κ3) is 6.71. The predicted octanol–water partition coefficient (Wildman–Crippen LogP) is -3.76. The number of nitrogens with zero attached hydrogens (tertiary/aromatic N) is 1. The van der Waals surface area contributed by atoms with E-state index in [9.17, 15) is 48.9 Å². The third-order valence-corrected chi connectivity index (χ3v) is 7.64. The summed E-state index contributed by atoms with van der Waals surface area (Å²) in [6.07, 6.45) is -12.3. The lowest BCUT2D eigenvalue weighted by Crippen LogP contribution is -2.37. The van der Waals surface area contributed by atoms with Crippen molar-refractivity contribution >= 4 is 15.6 Å². The summed E-state index contributed by atoms with van der Waals surface area (Å²) in [6, 6.07) is 0.943. The first kappa shape index (κ1) is 28.2. The normalized spacial score (nSPS) is 36.7. The zero-order valence-electron chi connectivity index (χ0n) is 17.5. The van der Waals surface area contributed by atoms with Gasteiger partial charge in [0.15, 0.2) is 12.5 Å². The zero-order chi connectivity index (χ0) is 26.1. The van der Waals surface area contributed by atoms with Crippen molar-refractivity contribution in [1.29, 1.82) is 0 Å². The van der Waals surface area contributed by atoms with Gasteiger partial charge in [0.25, 0.3) is 5.56 Å². The smallest absolute Gasteiger partial charge is 0.396 e. The Labute approximate surface area is 195 Å². The van der Waals surface area contributed by atoms with E-state index in [0.717, 1.165) is 16.8 Å². The molecule has 2 fully saturated rings. The SMILES string of the molecule is O=c1ccn([C@@H]2O[C@H](COP(=O)(O)OP(=O)(O)O[C@H]3O[C@@H](CCO)[C@H](O)[C@H]3O)[C@@H](O)[C@H]2O)c(=O)[nH]1. The standard InChI is InChI=1S/C15H24N2O16P2/c18-4-2-6-9(20)12(23)14(31-6)32-35(27,28)33-34(25,26)29-5-7-10(21)11(22)13(30-7)17-3-1-8(19)16-15(17)24/h1,3,6-7,9-14,18,20-23H,2,4-5H2,(H,25,26)(H,27,28)(H,16,19,24)/t6-,7+,9-,10+,11+,12+,13+,14+/m0/s1. The first-order valence-electron chi connectivity index (χ1n) is 9.90. The van der Waals surface area contributed by atoms with E-state index in [1.165, 1.54) is 0 Å². The Bertz CT molecular complexity index is 1090. The molecule has 0 aromatic carbocycles. The lowest BCUT2D eigenvalue weighted by molar-refractivity contribution is -0.121. The molecule has 1 aromatic heterocycles. The second-order valence-corrected chi connectivity index (χ2v) is 10.5. The van der Waals surface area contributed by atoms with Crippen LogP contribution in [0.1, 0.15) is 12.6 Å². The second-order valence-electron chi connectivity index (χ2n) is 7.52. The molecule has 200 valence electrons. The average molecular weight is 550 g/mol. The largest absolute Gasteiger partial charge is 0.483 e. The quantitative estimate of drug-likeness (QED) is 0.130. The van der Waals surface area contributed by atoms with Crippen molar-refractivity contribution < 1.29 is 67.3 Å². The van der Waals surface area contributed by atoms with Gasteiger partial charge in [-0.15, -0.1) is 0 Å². The van der Waals surface area contributed by atoms with Gasteiger partial charge in [0.05, 0.1) is 12.7 Å². The summed E-state index contributed by atoms with van der Waals surface area (Å²) >= 11 is 0. The second kappa shape index (κ2) is 11.0. The van der Waals surface area contributed by atoms with Crippen LogP contribution in [0.5, 0.6) is 0 Å². The van der Waals surface area contributed by atoms with E-state index < -0.39 is 89.2 Å². The number of aromatic nitrogens is 2. The maximum absolute atomic E-state index is 12.1. The number of H-pyrrole nitrogens is 1. The van der Waals surface area contributed by atoms with Gasteiger partial charge in [-0.1, -0.05) is 0 Å². The number of hydrogen-bond donors (Lipinski definition) is 8. The molecule has 0 aliphatic carbocycles. The third-order valence-electron chi connectivity index (χ3n) is 5.04. The van der Waals surface area contributed by atoms with Crippen molar-refractivity contribution in [2.24, 2.45) is 0 Å². The molecule has 0 bridgehead atoms. The molecule has 35 heavy (non-hydrogen) atoms. The summed E-state index contributed by atoms with van der Waals surface area (Å²) in [5, 5.41) is 48.7. The van der Waals surface area contributed by atoms with Crippen molar-refractivity contribution in [3.8, 4) is 0 Å². The highest BCUT2D eigenvalue weighted by Crippen LogP contribution is 2.61. The number of phosphoric ester groups is 2. The van der Waals surface area contributed by atoms with Crippen LogP contribution in [0.15, 0.2) is 21.9 Å². The molecule has 2 unspecified atom stereocenters. The van der Waals surface area contributed by atoms with Gasteiger partial charge in [0, 0.05) is 18.9 Å². The van der Waals surface area contributed by atoms with Gasteiger partial charge in [-0.25, -0.2) is 13.9 Å². The van der Waals surface area contributed by atoms with Crippen molar-refractivity contribution in [3.63, 3.8) is 0 Å². The van der Waals surface area contributed by atoms with E-state index in [2.05, 4.69) is 13.4 Å². The number of hydrogen-bond acceptors (Lipinski definition) is 14. The molecule has 0 spiro atoms. The van der Waals surface area contributed by atoms with Gasteiger partial charge in [-0.3, -0.25) is 23.4 Å². The molecular weight excluding hydrogens is 526 g/mol. The summed E-state index contributed by atoms with van der Waals surface area (Å²) in [5.74, 6) is 0. The van der Waals surface area contributed by atoms with Crippen LogP contribution >= 0.6 is 15.6 Å². The maximum atomic E-state index is 12.1. The number of aliphatic hydroxyl groups is 5. The number of aliphatic hydroxyl groups excluding tert-OH is 5. The van der Waals surface area contributed by atoms with E-state index in [1.807, 2.05) is 4.98 Å². The Hall–Kier alpha value is -1.34. The Morgan fingerprint density at radius 3 is 2.26 bits per heavy atom. The Balaban J connectivity index is 1.59. The molecule has 2 aliphatic heterocycles. The monoisotopic (exact) mass is 550 g/mol. The molecule has 2 saturated heterocycles.